The van der Waals surface area contributed by atoms with Crippen LogP contribution in [0.3, 0.4) is 0 Å². The number of nitrogens with two attached hydrogens (primary N) is 1. The zero-order valence-electron chi connectivity index (χ0n) is 21.7. The number of hydrogen-bond acceptors (Lipinski definition) is 4. The molecule has 2 amide bonds. The maximum atomic E-state index is 13.6. The van der Waals surface area contributed by atoms with Crippen LogP contribution in [0.1, 0.15) is 42.9 Å². The predicted molar refractivity (Wildman–Crippen MR) is 146 cm³/mol. The van der Waals surface area contributed by atoms with Crippen molar-refractivity contribution in [2.75, 3.05) is 30.3 Å². The highest BCUT2D eigenvalue weighted by Crippen LogP contribution is 2.49. The number of carbonyl (C=O) groups is 1. The van der Waals surface area contributed by atoms with Crippen molar-refractivity contribution in [3.05, 3.63) is 84.0 Å². The Bertz CT molecular complexity index is 1200. The molecule has 9 heteroatoms. The molecule has 2 aromatic rings. The van der Waals surface area contributed by atoms with Crippen LogP contribution in [-0.4, -0.2) is 42.7 Å². The number of fused-ring (bicyclic) bond motifs is 3. The Morgan fingerprint density at radius 3 is 2.67 bits per heavy atom. The zero-order chi connectivity index (χ0) is 27.4. The van der Waals surface area contributed by atoms with E-state index in [1.54, 1.807) is 4.90 Å². The molecule has 1 unspecified atom stereocenters. The standard InChI is InChI=1S/C30H35F3N4O2/c31-30(32,33)21-12-15-26-25(18-21)28-24(27(36-26)20-8-3-1-4-9-20)14-13-23(39-28)19-37(17-7-16-34)29(38)35-22-10-5-2-6-11-22/h1-6,8,10-12,15,18,20,23-24,27-28,36H,7,9,13-14,16-17,19,34H2,(H,35,38)/t20?,23-,24+,27+,28+/m1/s1. The van der Waals surface area contributed by atoms with Gasteiger partial charge >= 0.3 is 12.2 Å². The summed E-state index contributed by atoms with van der Waals surface area (Å²) in [6, 6.07) is 12.9. The number of allylic oxidation sites excluding steroid dienone is 3. The van der Waals surface area contributed by atoms with Gasteiger partial charge in [-0.2, -0.15) is 13.2 Å². The Morgan fingerprint density at radius 1 is 1.13 bits per heavy atom. The van der Waals surface area contributed by atoms with Crippen LogP contribution in [0.2, 0.25) is 0 Å². The van der Waals surface area contributed by atoms with Crippen molar-refractivity contribution in [1.82, 2.24) is 4.90 Å². The molecule has 0 radical (unpaired) electrons. The molecule has 1 aliphatic carbocycles. The highest BCUT2D eigenvalue weighted by atomic mass is 19.4. The summed E-state index contributed by atoms with van der Waals surface area (Å²) in [6.07, 6.45) is 6.06. The smallest absolute Gasteiger partial charge is 0.381 e. The Kier molecular flexibility index (Phi) is 8.28. The Hall–Kier alpha value is -3.30. The van der Waals surface area contributed by atoms with Crippen molar-refractivity contribution in [2.45, 2.75) is 50.1 Å². The molecule has 0 spiro atoms. The van der Waals surface area contributed by atoms with Crippen molar-refractivity contribution in [3.8, 4) is 0 Å². The number of para-hydroxylation sites is 1. The second-order valence-corrected chi connectivity index (χ2v) is 10.5. The molecule has 2 aliphatic heterocycles. The number of halogens is 3. The average molecular weight is 541 g/mol. The number of urea groups is 1. The van der Waals surface area contributed by atoms with Crippen LogP contribution in [0.4, 0.5) is 29.3 Å². The van der Waals surface area contributed by atoms with Crippen molar-refractivity contribution in [2.24, 2.45) is 17.6 Å². The Labute approximate surface area is 227 Å². The fourth-order valence-electron chi connectivity index (χ4n) is 5.92. The fraction of sp³-hybridized carbons (Fsp3) is 0.433. The summed E-state index contributed by atoms with van der Waals surface area (Å²) in [5.74, 6) is 0.227. The molecule has 6 nitrogen and oxygen atoms in total. The maximum Gasteiger partial charge on any atom is 0.416 e. The minimum atomic E-state index is -4.44. The number of alkyl halides is 3. The molecule has 5 rings (SSSR count). The minimum Gasteiger partial charge on any atom is -0.381 e. The Morgan fingerprint density at radius 2 is 1.95 bits per heavy atom. The SMILES string of the molecule is NCCCN(C[C@H]1CC[C@@H]2[C@H](O1)c1cc(C(F)(F)F)ccc1N[C@H]2C1C=CC=CC1)C(=O)Nc1ccccc1. The van der Waals surface area contributed by atoms with Gasteiger partial charge in [0.2, 0.25) is 0 Å². The van der Waals surface area contributed by atoms with Gasteiger partial charge in [-0.25, -0.2) is 4.79 Å². The number of rotatable bonds is 7. The van der Waals surface area contributed by atoms with E-state index in [0.717, 1.165) is 18.9 Å². The number of anilines is 2. The summed E-state index contributed by atoms with van der Waals surface area (Å²) in [7, 11) is 0. The molecule has 0 aromatic heterocycles. The van der Waals surface area contributed by atoms with Crippen molar-refractivity contribution in [1.29, 1.82) is 0 Å². The van der Waals surface area contributed by atoms with Crippen molar-refractivity contribution in [3.63, 3.8) is 0 Å². The number of nitrogens with one attached hydrogen (secondary N) is 2. The highest BCUT2D eigenvalue weighted by molar-refractivity contribution is 5.89. The lowest BCUT2D eigenvalue weighted by atomic mass is 9.73. The molecule has 0 saturated carbocycles. The fourth-order valence-corrected chi connectivity index (χ4v) is 5.92. The molecule has 1 fully saturated rings. The number of hydrogen-bond donors (Lipinski definition) is 3. The molecule has 2 heterocycles. The second-order valence-electron chi connectivity index (χ2n) is 10.5. The number of carbonyl (C=O) groups excluding carboxylic acids is 1. The van der Waals surface area contributed by atoms with Crippen LogP contribution in [0, 0.1) is 11.8 Å². The van der Waals surface area contributed by atoms with Crippen LogP contribution in [0.5, 0.6) is 0 Å². The quantitative estimate of drug-likeness (QED) is 0.382. The van der Waals surface area contributed by atoms with Gasteiger partial charge in [0, 0.05) is 47.9 Å². The van der Waals surface area contributed by atoms with Crippen molar-refractivity contribution < 1.29 is 22.7 Å². The van der Waals surface area contributed by atoms with E-state index < -0.39 is 17.8 Å². The largest absolute Gasteiger partial charge is 0.416 e. The molecule has 3 aliphatic rings. The highest BCUT2D eigenvalue weighted by Gasteiger charge is 2.45. The summed E-state index contributed by atoms with van der Waals surface area (Å²) in [6.45, 7) is 1.23. The summed E-state index contributed by atoms with van der Waals surface area (Å²) < 4.78 is 47.5. The van der Waals surface area contributed by atoms with Gasteiger partial charge in [0.15, 0.2) is 0 Å². The minimum absolute atomic E-state index is 0.00835. The molecule has 2 aromatic carbocycles. The van der Waals surface area contributed by atoms with Crippen LogP contribution < -0.4 is 16.4 Å². The average Bonchev–Trinajstić information content (AvgIpc) is 2.95. The van der Waals surface area contributed by atoms with Gasteiger partial charge in [-0.1, -0.05) is 42.5 Å². The van der Waals surface area contributed by atoms with Crippen LogP contribution in [-0.2, 0) is 10.9 Å². The summed E-state index contributed by atoms with van der Waals surface area (Å²) in [5, 5.41) is 6.48. The summed E-state index contributed by atoms with van der Waals surface area (Å²) >= 11 is 0. The molecular formula is C30H35F3N4O2. The normalized spacial score (nSPS) is 25.8. The third-order valence-corrected chi connectivity index (χ3v) is 7.86. The van der Waals surface area contributed by atoms with E-state index >= 15 is 0 Å². The molecule has 0 bridgehead atoms. The number of amides is 2. The first kappa shape index (κ1) is 27.3. The zero-order valence-corrected chi connectivity index (χ0v) is 21.7. The third kappa shape index (κ3) is 6.31. The molecule has 208 valence electrons. The number of ether oxygens (including phenoxy) is 1. The van der Waals surface area contributed by atoms with Crippen molar-refractivity contribution >= 4 is 17.4 Å². The van der Waals surface area contributed by atoms with Gasteiger partial charge in [-0.15, -0.1) is 0 Å². The predicted octanol–water partition coefficient (Wildman–Crippen LogP) is 6.35. The second kappa shape index (κ2) is 11.8. The van der Waals surface area contributed by atoms with Gasteiger partial charge in [0.25, 0.3) is 0 Å². The lowest BCUT2D eigenvalue weighted by Crippen LogP contribution is -2.49. The number of benzene rings is 2. The van der Waals surface area contributed by atoms with Gasteiger partial charge in [-0.05, 0) is 62.6 Å². The topological polar surface area (TPSA) is 79.6 Å². The van der Waals surface area contributed by atoms with E-state index in [1.807, 2.05) is 42.5 Å². The van der Waals surface area contributed by atoms with Gasteiger partial charge in [0.1, 0.15) is 0 Å². The van der Waals surface area contributed by atoms with Gasteiger partial charge in [-0.3, -0.25) is 0 Å². The van der Waals surface area contributed by atoms with E-state index in [1.165, 1.54) is 12.1 Å². The van der Waals surface area contributed by atoms with E-state index in [-0.39, 0.29) is 30.0 Å². The first-order valence-corrected chi connectivity index (χ1v) is 13.6. The lowest BCUT2D eigenvalue weighted by Gasteiger charge is -2.48. The third-order valence-electron chi connectivity index (χ3n) is 7.86. The van der Waals surface area contributed by atoms with Gasteiger partial charge < -0.3 is 26.0 Å². The van der Waals surface area contributed by atoms with E-state index in [2.05, 4.69) is 22.8 Å². The van der Waals surface area contributed by atoms with E-state index in [9.17, 15) is 18.0 Å². The summed E-state index contributed by atoms with van der Waals surface area (Å²) in [4.78, 5) is 14.9. The van der Waals surface area contributed by atoms with Crippen LogP contribution >= 0.6 is 0 Å². The number of nitrogens with zero attached hydrogens (tertiary/aromatic N) is 1. The summed E-state index contributed by atoms with van der Waals surface area (Å²) in [5.41, 5.74) is 6.96. The first-order chi connectivity index (χ1) is 18.8. The van der Waals surface area contributed by atoms with Crippen LogP contribution in [0.25, 0.3) is 0 Å². The molecule has 1 saturated heterocycles. The Balaban J connectivity index is 1.38. The molecule has 39 heavy (non-hydrogen) atoms. The van der Waals surface area contributed by atoms with E-state index in [4.69, 9.17) is 10.5 Å². The lowest BCUT2D eigenvalue weighted by molar-refractivity contribution is -0.138. The van der Waals surface area contributed by atoms with Gasteiger partial charge in [0.05, 0.1) is 17.8 Å². The molecular weight excluding hydrogens is 505 g/mol. The van der Waals surface area contributed by atoms with Crippen LogP contribution in [0.15, 0.2) is 72.8 Å². The molecule has 4 N–H and O–H groups in total. The first-order valence-electron chi connectivity index (χ1n) is 13.6. The monoisotopic (exact) mass is 540 g/mol. The van der Waals surface area contributed by atoms with E-state index in [0.29, 0.717) is 49.4 Å². The molecule has 5 atom stereocenters. The maximum absolute atomic E-state index is 13.6.